The summed E-state index contributed by atoms with van der Waals surface area (Å²) in [7, 11) is 0. The van der Waals surface area contributed by atoms with Crippen molar-refractivity contribution in [2.24, 2.45) is 17.8 Å². The third-order valence-electron chi connectivity index (χ3n) is 4.51. The molecular weight excluding hydrogens is 160 g/mol. The van der Waals surface area contributed by atoms with Crippen molar-refractivity contribution < 1.29 is 4.74 Å². The van der Waals surface area contributed by atoms with E-state index >= 15 is 0 Å². The van der Waals surface area contributed by atoms with Crippen molar-refractivity contribution in [1.82, 2.24) is 0 Å². The summed E-state index contributed by atoms with van der Waals surface area (Å²) < 4.78 is 5.81. The van der Waals surface area contributed by atoms with E-state index in [9.17, 15) is 0 Å². The molecule has 72 valence electrons. The molecule has 0 N–H and O–H groups in total. The highest BCUT2D eigenvalue weighted by Crippen LogP contribution is 2.58. The molecule has 0 aromatic carbocycles. The molecular formula is C12H18O. The normalized spacial score (nSPS) is 52.2. The van der Waals surface area contributed by atoms with Crippen LogP contribution in [0.4, 0.5) is 0 Å². The molecule has 0 saturated heterocycles. The van der Waals surface area contributed by atoms with Crippen molar-refractivity contribution >= 4 is 0 Å². The molecule has 1 heteroatoms. The number of hydrogen-bond donors (Lipinski definition) is 0. The lowest BCUT2D eigenvalue weighted by Gasteiger charge is -2.38. The molecule has 0 radical (unpaired) electrons. The Morgan fingerprint density at radius 3 is 2.85 bits per heavy atom. The Hall–Kier alpha value is -0.460. The van der Waals surface area contributed by atoms with Crippen molar-refractivity contribution in [3.05, 3.63) is 12.8 Å². The highest BCUT2D eigenvalue weighted by Gasteiger charge is 2.54. The van der Waals surface area contributed by atoms with Gasteiger partial charge in [0.1, 0.15) is 5.60 Å². The minimum absolute atomic E-state index is 0.233. The van der Waals surface area contributed by atoms with Crippen molar-refractivity contribution in [3.63, 3.8) is 0 Å². The predicted octanol–water partition coefficient (Wildman–Crippen LogP) is 3.12. The fourth-order valence-electron chi connectivity index (χ4n) is 4.18. The fraction of sp³-hybridized carbons (Fsp3) is 0.833. The van der Waals surface area contributed by atoms with Gasteiger partial charge in [-0.2, -0.15) is 0 Å². The van der Waals surface area contributed by atoms with E-state index < -0.39 is 0 Å². The highest BCUT2D eigenvalue weighted by molar-refractivity contribution is 5.05. The van der Waals surface area contributed by atoms with Gasteiger partial charge in [0.2, 0.25) is 0 Å². The number of fused-ring (bicyclic) bond motifs is 2. The summed E-state index contributed by atoms with van der Waals surface area (Å²) in [5, 5.41) is 0. The summed E-state index contributed by atoms with van der Waals surface area (Å²) >= 11 is 0. The number of hydrogen-bond acceptors (Lipinski definition) is 1. The quantitative estimate of drug-likeness (QED) is 0.590. The Bertz CT molecular complexity index is 231. The van der Waals surface area contributed by atoms with E-state index in [4.69, 9.17) is 4.74 Å². The Balaban J connectivity index is 1.89. The SMILES string of the molecule is C=COC12CC3CCC(C1)C(C3)C2. The standard InChI is InChI=1S/C12H18O/c1-2-13-12-6-9-3-4-10(7-12)11(5-9)8-12/h2,9-11H,1,3-8H2. The van der Waals surface area contributed by atoms with E-state index in [1.807, 2.05) is 0 Å². The predicted molar refractivity (Wildman–Crippen MR) is 52.2 cm³/mol. The molecule has 3 bridgehead atoms. The molecule has 4 unspecified atom stereocenters. The molecule has 0 aromatic heterocycles. The van der Waals surface area contributed by atoms with Gasteiger partial charge < -0.3 is 4.74 Å². The van der Waals surface area contributed by atoms with Crippen LogP contribution in [-0.2, 0) is 4.74 Å². The first-order chi connectivity index (χ1) is 6.31. The zero-order valence-electron chi connectivity index (χ0n) is 8.17. The van der Waals surface area contributed by atoms with Crippen LogP contribution in [0, 0.1) is 17.8 Å². The second-order valence-corrected chi connectivity index (χ2v) is 5.28. The minimum Gasteiger partial charge on any atom is -0.495 e. The maximum atomic E-state index is 5.81. The van der Waals surface area contributed by atoms with Crippen LogP contribution < -0.4 is 0 Å². The molecule has 4 atom stereocenters. The zero-order valence-corrected chi connectivity index (χ0v) is 8.17. The first-order valence-electron chi connectivity index (χ1n) is 5.60. The summed E-state index contributed by atoms with van der Waals surface area (Å²) in [5.74, 6) is 2.95. The molecule has 0 amide bonds. The Morgan fingerprint density at radius 2 is 2.00 bits per heavy atom. The lowest BCUT2D eigenvalue weighted by atomic mass is 9.71. The van der Waals surface area contributed by atoms with Gasteiger partial charge in [-0.15, -0.1) is 0 Å². The third kappa shape index (κ3) is 1.06. The van der Waals surface area contributed by atoms with Crippen molar-refractivity contribution in [3.8, 4) is 0 Å². The van der Waals surface area contributed by atoms with Gasteiger partial charge >= 0.3 is 0 Å². The molecule has 1 nitrogen and oxygen atoms in total. The van der Waals surface area contributed by atoms with Gasteiger partial charge in [0, 0.05) is 0 Å². The van der Waals surface area contributed by atoms with Gasteiger partial charge in [-0.05, 0) is 49.9 Å². The summed E-state index contributed by atoms with van der Waals surface area (Å²) in [6.45, 7) is 3.71. The number of rotatable bonds is 2. The first kappa shape index (κ1) is 7.90. The molecule has 0 aliphatic heterocycles. The van der Waals surface area contributed by atoms with Crippen LogP contribution in [0.2, 0.25) is 0 Å². The Kier molecular flexibility index (Phi) is 1.53. The monoisotopic (exact) mass is 178 g/mol. The first-order valence-corrected chi connectivity index (χ1v) is 5.60. The van der Waals surface area contributed by atoms with Crippen LogP contribution >= 0.6 is 0 Å². The van der Waals surface area contributed by atoms with Crippen LogP contribution in [0.3, 0.4) is 0 Å². The van der Waals surface area contributed by atoms with Gasteiger partial charge in [-0.1, -0.05) is 13.0 Å². The minimum atomic E-state index is 0.233. The van der Waals surface area contributed by atoms with Gasteiger partial charge in [0.15, 0.2) is 0 Å². The molecule has 3 fully saturated rings. The van der Waals surface area contributed by atoms with E-state index in [0.717, 1.165) is 17.8 Å². The zero-order chi connectivity index (χ0) is 8.89. The largest absolute Gasteiger partial charge is 0.495 e. The molecule has 3 aliphatic carbocycles. The second kappa shape index (κ2) is 2.52. The van der Waals surface area contributed by atoms with Gasteiger partial charge in [-0.3, -0.25) is 0 Å². The molecule has 13 heavy (non-hydrogen) atoms. The maximum absolute atomic E-state index is 5.81. The summed E-state index contributed by atoms with van der Waals surface area (Å²) in [6, 6.07) is 0. The van der Waals surface area contributed by atoms with Crippen molar-refractivity contribution in [1.29, 1.82) is 0 Å². The van der Waals surface area contributed by atoms with E-state index in [1.165, 1.54) is 38.5 Å². The summed E-state index contributed by atoms with van der Waals surface area (Å²) in [6.07, 6.45) is 10.0. The molecule has 0 heterocycles. The summed E-state index contributed by atoms with van der Waals surface area (Å²) in [5.41, 5.74) is 0.233. The van der Waals surface area contributed by atoms with Crippen molar-refractivity contribution in [2.45, 2.75) is 44.1 Å². The van der Waals surface area contributed by atoms with Gasteiger partial charge in [0.05, 0.1) is 6.26 Å². The van der Waals surface area contributed by atoms with Crippen molar-refractivity contribution in [2.75, 3.05) is 0 Å². The van der Waals surface area contributed by atoms with E-state index in [1.54, 1.807) is 6.26 Å². The van der Waals surface area contributed by atoms with Gasteiger partial charge in [-0.25, -0.2) is 0 Å². The smallest absolute Gasteiger partial charge is 0.109 e. The average Bonchev–Trinajstić information content (AvgIpc) is 2.25. The second-order valence-electron chi connectivity index (χ2n) is 5.28. The molecule has 3 saturated carbocycles. The Morgan fingerprint density at radius 1 is 1.15 bits per heavy atom. The van der Waals surface area contributed by atoms with Crippen LogP contribution in [0.5, 0.6) is 0 Å². The molecule has 0 spiro atoms. The van der Waals surface area contributed by atoms with Gasteiger partial charge in [0.25, 0.3) is 0 Å². The summed E-state index contributed by atoms with van der Waals surface area (Å²) in [4.78, 5) is 0. The third-order valence-corrected chi connectivity index (χ3v) is 4.51. The van der Waals surface area contributed by atoms with E-state index in [-0.39, 0.29) is 5.60 Å². The lowest BCUT2D eigenvalue weighted by Crippen LogP contribution is -2.34. The fourth-order valence-corrected chi connectivity index (χ4v) is 4.18. The highest BCUT2D eigenvalue weighted by atomic mass is 16.5. The van der Waals surface area contributed by atoms with Crippen LogP contribution in [-0.4, -0.2) is 5.60 Å². The average molecular weight is 178 g/mol. The van der Waals surface area contributed by atoms with Crippen LogP contribution in [0.25, 0.3) is 0 Å². The Labute approximate surface area is 80.2 Å². The molecule has 3 rings (SSSR count). The molecule has 3 aliphatic rings. The van der Waals surface area contributed by atoms with Crippen LogP contribution in [0.15, 0.2) is 12.8 Å². The van der Waals surface area contributed by atoms with E-state index in [2.05, 4.69) is 6.58 Å². The topological polar surface area (TPSA) is 9.23 Å². The maximum Gasteiger partial charge on any atom is 0.109 e. The lowest BCUT2D eigenvalue weighted by molar-refractivity contribution is -0.0157. The molecule has 0 aromatic rings. The van der Waals surface area contributed by atoms with Crippen LogP contribution in [0.1, 0.15) is 38.5 Å². The van der Waals surface area contributed by atoms with E-state index in [0.29, 0.717) is 0 Å². The number of ether oxygens (including phenoxy) is 1.